The van der Waals surface area contributed by atoms with E-state index < -0.39 is 12.6 Å². The van der Waals surface area contributed by atoms with Gasteiger partial charge in [0, 0.05) is 17.1 Å². The molecule has 1 aromatic heterocycles. The zero-order valence-electron chi connectivity index (χ0n) is 18.4. The van der Waals surface area contributed by atoms with Crippen LogP contribution in [0.3, 0.4) is 0 Å². The fourth-order valence-corrected chi connectivity index (χ4v) is 3.66. The minimum Gasteiger partial charge on any atom is -0.493 e. The molecule has 0 radical (unpaired) electrons. The first-order valence-corrected chi connectivity index (χ1v) is 11.0. The molecule has 178 valence electrons. The van der Waals surface area contributed by atoms with Crippen LogP contribution in [0.5, 0.6) is 11.5 Å². The summed E-state index contributed by atoms with van der Waals surface area (Å²) in [4.78, 5) is 28.6. The maximum Gasteiger partial charge on any atom is 0.387 e. The summed E-state index contributed by atoms with van der Waals surface area (Å²) in [7, 11) is 1.32. The van der Waals surface area contributed by atoms with E-state index in [9.17, 15) is 18.4 Å². The van der Waals surface area contributed by atoms with Gasteiger partial charge in [-0.25, -0.2) is 9.78 Å². The van der Waals surface area contributed by atoms with Crippen molar-refractivity contribution in [1.82, 2.24) is 4.98 Å². The molecule has 0 bridgehead atoms. The molecule has 1 N–H and O–H groups in total. The average molecular weight is 489 g/mol. The summed E-state index contributed by atoms with van der Waals surface area (Å²) in [6, 6.07) is 11.8. The second kappa shape index (κ2) is 11.9. The first-order chi connectivity index (χ1) is 16.3. The molecule has 10 heteroatoms. The number of aryl methyl sites for hydroxylation is 1. The lowest BCUT2D eigenvalue weighted by Gasteiger charge is -2.10. The van der Waals surface area contributed by atoms with Gasteiger partial charge in [0.15, 0.2) is 11.5 Å². The lowest BCUT2D eigenvalue weighted by atomic mass is 10.2. The molecular weight excluding hydrogens is 466 g/mol. The number of benzene rings is 2. The number of carbonyl (C=O) groups is 2. The summed E-state index contributed by atoms with van der Waals surface area (Å²) < 4.78 is 39.4. The van der Waals surface area contributed by atoms with Crippen LogP contribution in [0, 0.1) is 6.92 Å². The third kappa shape index (κ3) is 7.38. The van der Waals surface area contributed by atoms with Gasteiger partial charge in [-0.1, -0.05) is 24.3 Å². The molecule has 0 saturated carbocycles. The van der Waals surface area contributed by atoms with Crippen LogP contribution in [-0.2, 0) is 27.4 Å². The van der Waals surface area contributed by atoms with E-state index in [4.69, 9.17) is 9.47 Å². The lowest BCUT2D eigenvalue weighted by Crippen LogP contribution is -2.15. The van der Waals surface area contributed by atoms with Crippen molar-refractivity contribution in [3.63, 3.8) is 0 Å². The molecule has 0 aliphatic carbocycles. The van der Waals surface area contributed by atoms with E-state index >= 15 is 0 Å². The van der Waals surface area contributed by atoms with Gasteiger partial charge in [0.25, 0.3) is 0 Å². The number of rotatable bonds is 10. The SMILES string of the molecule is COc1cc(/C=C/C(=O)OCc2csc(CC(=O)Nc3ccccc3C)n2)ccc1OC(F)F. The predicted molar refractivity (Wildman–Crippen MR) is 124 cm³/mol. The van der Waals surface area contributed by atoms with Gasteiger partial charge in [-0.2, -0.15) is 8.78 Å². The molecule has 0 fully saturated rings. The van der Waals surface area contributed by atoms with Gasteiger partial charge in [0.2, 0.25) is 5.91 Å². The van der Waals surface area contributed by atoms with Crippen LogP contribution in [-0.4, -0.2) is 30.6 Å². The quantitative estimate of drug-likeness (QED) is 0.319. The predicted octanol–water partition coefficient (Wildman–Crippen LogP) is 5.00. The number of para-hydroxylation sites is 1. The van der Waals surface area contributed by atoms with Gasteiger partial charge in [-0.15, -0.1) is 11.3 Å². The third-order valence-corrected chi connectivity index (χ3v) is 5.41. The highest BCUT2D eigenvalue weighted by atomic mass is 32.1. The van der Waals surface area contributed by atoms with E-state index in [1.54, 1.807) is 5.38 Å². The molecule has 0 spiro atoms. The first kappa shape index (κ1) is 24.8. The number of halogens is 2. The Kier molecular flexibility index (Phi) is 8.69. The summed E-state index contributed by atoms with van der Waals surface area (Å²) in [6.45, 7) is -1.12. The molecular formula is C24H22F2N2O5S. The number of anilines is 1. The van der Waals surface area contributed by atoms with Crippen molar-refractivity contribution >= 4 is 35.0 Å². The average Bonchev–Trinajstić information content (AvgIpc) is 3.25. The Bertz CT molecular complexity index is 1180. The molecule has 1 amide bonds. The van der Waals surface area contributed by atoms with Crippen molar-refractivity contribution in [3.8, 4) is 11.5 Å². The van der Waals surface area contributed by atoms with E-state index in [1.807, 2.05) is 31.2 Å². The summed E-state index contributed by atoms with van der Waals surface area (Å²) in [6.07, 6.45) is 2.77. The number of thiazole rings is 1. The van der Waals surface area contributed by atoms with Crippen LogP contribution in [0.2, 0.25) is 0 Å². The highest BCUT2D eigenvalue weighted by molar-refractivity contribution is 7.09. The third-order valence-electron chi connectivity index (χ3n) is 4.51. The number of alkyl halides is 2. The van der Waals surface area contributed by atoms with Gasteiger partial charge in [-0.3, -0.25) is 4.79 Å². The number of nitrogens with zero attached hydrogens (tertiary/aromatic N) is 1. The van der Waals surface area contributed by atoms with Crippen molar-refractivity contribution in [3.05, 3.63) is 75.7 Å². The Morgan fingerprint density at radius 1 is 1.18 bits per heavy atom. The molecule has 0 unspecified atom stereocenters. The van der Waals surface area contributed by atoms with Crippen molar-refractivity contribution in [1.29, 1.82) is 0 Å². The molecule has 0 atom stereocenters. The van der Waals surface area contributed by atoms with E-state index in [2.05, 4.69) is 15.0 Å². The van der Waals surface area contributed by atoms with E-state index in [0.717, 1.165) is 11.3 Å². The van der Waals surface area contributed by atoms with Gasteiger partial charge in [-0.05, 0) is 42.3 Å². The van der Waals surface area contributed by atoms with Crippen molar-refractivity contribution in [2.75, 3.05) is 12.4 Å². The fourth-order valence-electron chi connectivity index (χ4n) is 2.88. The molecule has 0 aliphatic heterocycles. The molecule has 3 rings (SSSR count). The number of amides is 1. The van der Waals surface area contributed by atoms with Crippen LogP contribution in [0.25, 0.3) is 6.08 Å². The maximum atomic E-state index is 12.4. The van der Waals surface area contributed by atoms with E-state index in [-0.39, 0.29) is 30.4 Å². The zero-order chi connectivity index (χ0) is 24.5. The molecule has 1 heterocycles. The second-order valence-corrected chi connectivity index (χ2v) is 7.94. The monoisotopic (exact) mass is 488 g/mol. The van der Waals surface area contributed by atoms with E-state index in [1.165, 1.54) is 48.8 Å². The summed E-state index contributed by atoms with van der Waals surface area (Å²) in [5, 5.41) is 5.18. The molecule has 0 saturated heterocycles. The van der Waals surface area contributed by atoms with Crippen LogP contribution >= 0.6 is 11.3 Å². The number of hydrogen-bond donors (Lipinski definition) is 1. The Hall–Kier alpha value is -3.79. The Morgan fingerprint density at radius 3 is 2.71 bits per heavy atom. The van der Waals surface area contributed by atoms with Gasteiger partial charge in [0.05, 0.1) is 19.2 Å². The normalized spacial score (nSPS) is 11.0. The number of carbonyl (C=O) groups excluding carboxylic acids is 2. The largest absolute Gasteiger partial charge is 0.493 e. The Balaban J connectivity index is 1.49. The lowest BCUT2D eigenvalue weighted by molar-refractivity contribution is -0.139. The topological polar surface area (TPSA) is 86.8 Å². The Labute approximate surface area is 199 Å². The smallest absolute Gasteiger partial charge is 0.387 e. The van der Waals surface area contributed by atoms with Crippen LogP contribution in [0.1, 0.15) is 21.8 Å². The molecule has 2 aromatic carbocycles. The molecule has 7 nitrogen and oxygen atoms in total. The van der Waals surface area contributed by atoms with Gasteiger partial charge in [0.1, 0.15) is 11.6 Å². The van der Waals surface area contributed by atoms with Crippen molar-refractivity contribution in [2.45, 2.75) is 26.6 Å². The molecule has 0 aliphatic rings. The zero-order valence-corrected chi connectivity index (χ0v) is 19.2. The number of esters is 1. The molecule has 34 heavy (non-hydrogen) atoms. The Morgan fingerprint density at radius 2 is 1.97 bits per heavy atom. The number of nitrogens with one attached hydrogen (secondary N) is 1. The highest BCUT2D eigenvalue weighted by Gasteiger charge is 2.12. The van der Waals surface area contributed by atoms with Crippen LogP contribution in [0.4, 0.5) is 14.5 Å². The number of methoxy groups -OCH3 is 1. The van der Waals surface area contributed by atoms with E-state index in [0.29, 0.717) is 16.3 Å². The maximum absolute atomic E-state index is 12.4. The van der Waals surface area contributed by atoms with Crippen LogP contribution in [0.15, 0.2) is 53.9 Å². The van der Waals surface area contributed by atoms with Crippen molar-refractivity contribution < 1.29 is 32.6 Å². The van der Waals surface area contributed by atoms with Gasteiger partial charge >= 0.3 is 12.6 Å². The minimum absolute atomic E-state index is 0.0520. The number of hydrogen-bond acceptors (Lipinski definition) is 7. The fraction of sp³-hybridized carbons (Fsp3) is 0.208. The number of aromatic nitrogens is 1. The second-order valence-electron chi connectivity index (χ2n) is 7.00. The molecule has 3 aromatic rings. The minimum atomic E-state index is -2.97. The highest BCUT2D eigenvalue weighted by Crippen LogP contribution is 2.29. The van der Waals surface area contributed by atoms with Gasteiger partial charge < -0.3 is 19.5 Å². The summed E-state index contributed by atoms with van der Waals surface area (Å²) >= 11 is 1.30. The first-order valence-electron chi connectivity index (χ1n) is 10.1. The standard InChI is InChI=1S/C24H22F2N2O5S/c1-15-5-3-4-6-18(15)28-21(29)12-22-27-17(14-34-22)13-32-23(30)10-8-16-7-9-19(33-24(25)26)20(11-16)31-2/h3-11,14,24H,12-13H2,1-2H3,(H,28,29)/b10-8+. The summed E-state index contributed by atoms with van der Waals surface area (Å²) in [5.41, 5.74) is 2.77. The summed E-state index contributed by atoms with van der Waals surface area (Å²) in [5.74, 6) is -0.796. The van der Waals surface area contributed by atoms with Crippen LogP contribution < -0.4 is 14.8 Å². The van der Waals surface area contributed by atoms with Crippen molar-refractivity contribution in [2.24, 2.45) is 0 Å². The number of ether oxygens (including phenoxy) is 3.